The molecule has 4 rings (SSSR count). The highest BCUT2D eigenvalue weighted by Crippen LogP contribution is 2.29. The molecule has 0 spiro atoms. The molecule has 9 heteroatoms. The smallest absolute Gasteiger partial charge is 0.252 e. The molecule has 0 saturated carbocycles. The molecule has 3 heterocycles. The number of thiophene rings is 1. The summed E-state index contributed by atoms with van der Waals surface area (Å²) in [5.41, 5.74) is 2.46. The Hall–Kier alpha value is -2.49. The largest absolute Gasteiger partial charge is 0.326 e. The summed E-state index contributed by atoms with van der Waals surface area (Å²) in [5.74, 6) is -0.538. The van der Waals surface area contributed by atoms with Gasteiger partial charge in [0.05, 0.1) is 11.6 Å². The average Bonchev–Trinajstić information content (AvgIpc) is 3.40. The second-order valence-corrected chi connectivity index (χ2v) is 10.6. The maximum absolute atomic E-state index is 12.9. The number of piperidine rings is 1. The monoisotopic (exact) mass is 430 g/mol. The second-order valence-electron chi connectivity index (χ2n) is 7.11. The topological polar surface area (TPSA) is 95.2 Å². The van der Waals surface area contributed by atoms with Crippen LogP contribution in [-0.2, 0) is 14.8 Å². The first-order chi connectivity index (χ1) is 13.9. The average molecular weight is 431 g/mol. The number of aryl methyl sites for hydroxylation is 1. The molecule has 1 saturated heterocycles. The van der Waals surface area contributed by atoms with Gasteiger partial charge in [0, 0.05) is 35.4 Å². The quantitative estimate of drug-likeness (QED) is 0.648. The fourth-order valence-electron chi connectivity index (χ4n) is 3.48. The number of aromatic nitrogens is 2. The molecule has 0 radical (unpaired) electrons. The Kier molecular flexibility index (Phi) is 5.53. The van der Waals surface area contributed by atoms with Gasteiger partial charge in [-0.05, 0) is 50.1 Å². The SMILES string of the molecule is Cc1ccc(S(=O)(=O)N2CCCC(C(=O)Nc3cccc(-c4ccn[nH]4)c3)C2)s1. The summed E-state index contributed by atoms with van der Waals surface area (Å²) >= 11 is 1.26. The van der Waals surface area contributed by atoms with Gasteiger partial charge in [-0.1, -0.05) is 12.1 Å². The minimum atomic E-state index is -3.56. The third kappa shape index (κ3) is 4.26. The van der Waals surface area contributed by atoms with E-state index in [1.165, 1.54) is 15.6 Å². The number of carbonyl (C=O) groups is 1. The highest BCUT2D eigenvalue weighted by atomic mass is 32.2. The lowest BCUT2D eigenvalue weighted by atomic mass is 9.98. The van der Waals surface area contributed by atoms with E-state index in [0.717, 1.165) is 16.1 Å². The van der Waals surface area contributed by atoms with Gasteiger partial charge in [0.15, 0.2) is 0 Å². The summed E-state index contributed by atoms with van der Waals surface area (Å²) in [6.07, 6.45) is 3.00. The Morgan fingerprint density at radius 3 is 2.86 bits per heavy atom. The summed E-state index contributed by atoms with van der Waals surface area (Å²) in [7, 11) is -3.56. The predicted molar refractivity (Wildman–Crippen MR) is 113 cm³/mol. The summed E-state index contributed by atoms with van der Waals surface area (Å²) in [5, 5.41) is 9.79. The number of benzene rings is 1. The molecule has 1 atom stereocenters. The van der Waals surface area contributed by atoms with Gasteiger partial charge in [-0.25, -0.2) is 8.42 Å². The van der Waals surface area contributed by atoms with Crippen molar-refractivity contribution in [1.29, 1.82) is 0 Å². The first kappa shape index (κ1) is 19.8. The van der Waals surface area contributed by atoms with E-state index in [9.17, 15) is 13.2 Å². The van der Waals surface area contributed by atoms with Gasteiger partial charge in [-0.3, -0.25) is 9.89 Å². The molecule has 1 fully saturated rings. The lowest BCUT2D eigenvalue weighted by Gasteiger charge is -2.30. The number of rotatable bonds is 5. The fourth-order valence-corrected chi connectivity index (χ4v) is 6.44. The molecule has 2 aromatic heterocycles. The Bertz CT molecular complexity index is 1110. The van der Waals surface area contributed by atoms with Gasteiger partial charge in [-0.2, -0.15) is 9.40 Å². The van der Waals surface area contributed by atoms with Crippen LogP contribution in [0.2, 0.25) is 0 Å². The molecule has 152 valence electrons. The minimum Gasteiger partial charge on any atom is -0.326 e. The Morgan fingerprint density at radius 2 is 2.14 bits per heavy atom. The van der Waals surface area contributed by atoms with Crippen LogP contribution in [0.25, 0.3) is 11.3 Å². The van der Waals surface area contributed by atoms with E-state index in [1.807, 2.05) is 37.3 Å². The van der Waals surface area contributed by atoms with Gasteiger partial charge in [-0.15, -0.1) is 11.3 Å². The van der Waals surface area contributed by atoms with Crippen LogP contribution in [0.3, 0.4) is 0 Å². The third-order valence-corrected chi connectivity index (χ3v) is 8.34. The van der Waals surface area contributed by atoms with Crippen LogP contribution in [0.4, 0.5) is 5.69 Å². The highest BCUT2D eigenvalue weighted by Gasteiger charge is 2.34. The van der Waals surface area contributed by atoms with Crippen molar-refractivity contribution in [1.82, 2.24) is 14.5 Å². The van der Waals surface area contributed by atoms with Crippen LogP contribution >= 0.6 is 11.3 Å². The molecule has 1 aliphatic rings. The van der Waals surface area contributed by atoms with Crippen molar-refractivity contribution in [2.24, 2.45) is 5.92 Å². The van der Waals surface area contributed by atoms with Crippen molar-refractivity contribution in [3.63, 3.8) is 0 Å². The van der Waals surface area contributed by atoms with Gasteiger partial charge in [0.2, 0.25) is 5.91 Å². The number of hydrogen-bond acceptors (Lipinski definition) is 5. The first-order valence-corrected chi connectivity index (χ1v) is 11.7. The van der Waals surface area contributed by atoms with Crippen molar-refractivity contribution >= 4 is 33.0 Å². The van der Waals surface area contributed by atoms with Crippen LogP contribution < -0.4 is 5.32 Å². The molecule has 1 unspecified atom stereocenters. The van der Waals surface area contributed by atoms with E-state index < -0.39 is 10.0 Å². The van der Waals surface area contributed by atoms with Gasteiger partial charge >= 0.3 is 0 Å². The van der Waals surface area contributed by atoms with Crippen LogP contribution in [0.5, 0.6) is 0 Å². The Balaban J connectivity index is 1.46. The molecule has 0 aliphatic carbocycles. The third-order valence-electron chi connectivity index (χ3n) is 5.01. The van der Waals surface area contributed by atoms with Crippen molar-refractivity contribution in [3.8, 4) is 11.3 Å². The number of amides is 1. The maximum atomic E-state index is 12.9. The fraction of sp³-hybridized carbons (Fsp3) is 0.300. The van der Waals surface area contributed by atoms with Crippen LogP contribution in [0.15, 0.2) is 52.9 Å². The highest BCUT2D eigenvalue weighted by molar-refractivity contribution is 7.91. The Morgan fingerprint density at radius 1 is 1.28 bits per heavy atom. The molecule has 7 nitrogen and oxygen atoms in total. The maximum Gasteiger partial charge on any atom is 0.252 e. The number of nitrogens with zero attached hydrogens (tertiary/aromatic N) is 2. The van der Waals surface area contributed by atoms with Crippen LogP contribution in [0, 0.1) is 12.8 Å². The molecule has 1 aliphatic heterocycles. The predicted octanol–water partition coefficient (Wildman–Crippen LogP) is 3.49. The van der Waals surface area contributed by atoms with Crippen LogP contribution in [-0.4, -0.2) is 41.9 Å². The number of nitrogens with one attached hydrogen (secondary N) is 2. The molecule has 0 bridgehead atoms. The van der Waals surface area contributed by atoms with E-state index in [1.54, 1.807) is 18.3 Å². The number of sulfonamides is 1. The van der Waals surface area contributed by atoms with E-state index in [0.29, 0.717) is 29.3 Å². The number of hydrogen-bond donors (Lipinski definition) is 2. The van der Waals surface area contributed by atoms with Crippen molar-refractivity contribution in [2.45, 2.75) is 24.0 Å². The molecule has 3 aromatic rings. The zero-order chi connectivity index (χ0) is 20.4. The summed E-state index contributed by atoms with van der Waals surface area (Å²) in [6, 6.07) is 12.8. The van der Waals surface area contributed by atoms with Crippen molar-refractivity contribution in [2.75, 3.05) is 18.4 Å². The van der Waals surface area contributed by atoms with E-state index in [4.69, 9.17) is 0 Å². The lowest BCUT2D eigenvalue weighted by molar-refractivity contribution is -0.120. The minimum absolute atomic E-state index is 0.158. The second kappa shape index (κ2) is 8.10. The standard InChI is InChI=1S/C20H22N4O3S2/c1-14-7-8-19(28-14)29(26,27)24-11-3-5-16(13-24)20(25)22-17-6-2-4-15(12-17)18-9-10-21-23-18/h2,4,6-10,12,16H,3,5,11,13H2,1H3,(H,21,23)(H,22,25). The van der Waals surface area contributed by atoms with Crippen molar-refractivity contribution < 1.29 is 13.2 Å². The normalized spacial score (nSPS) is 17.9. The van der Waals surface area contributed by atoms with Gasteiger partial charge in [0.1, 0.15) is 4.21 Å². The molecule has 2 N–H and O–H groups in total. The molecule has 1 amide bonds. The zero-order valence-electron chi connectivity index (χ0n) is 16.0. The number of H-pyrrole nitrogens is 1. The Labute approximate surface area is 173 Å². The van der Waals surface area contributed by atoms with E-state index in [2.05, 4.69) is 15.5 Å². The number of anilines is 1. The number of aromatic amines is 1. The summed E-state index contributed by atoms with van der Waals surface area (Å²) in [4.78, 5) is 13.8. The van der Waals surface area contributed by atoms with E-state index in [-0.39, 0.29) is 18.4 Å². The molecule has 1 aromatic carbocycles. The summed E-state index contributed by atoms with van der Waals surface area (Å²) in [6.45, 7) is 2.53. The zero-order valence-corrected chi connectivity index (χ0v) is 17.6. The van der Waals surface area contributed by atoms with Crippen LogP contribution in [0.1, 0.15) is 17.7 Å². The van der Waals surface area contributed by atoms with E-state index >= 15 is 0 Å². The molecular formula is C20H22N4O3S2. The first-order valence-electron chi connectivity index (χ1n) is 9.41. The number of carbonyl (C=O) groups excluding carboxylic acids is 1. The van der Waals surface area contributed by atoms with Gasteiger partial charge < -0.3 is 5.32 Å². The van der Waals surface area contributed by atoms with Crippen molar-refractivity contribution in [3.05, 3.63) is 53.5 Å². The lowest BCUT2D eigenvalue weighted by Crippen LogP contribution is -2.43. The van der Waals surface area contributed by atoms with Gasteiger partial charge in [0.25, 0.3) is 10.0 Å². The molecule has 29 heavy (non-hydrogen) atoms. The summed E-state index contributed by atoms with van der Waals surface area (Å²) < 4.78 is 27.6. The molecular weight excluding hydrogens is 408 g/mol.